The lowest BCUT2D eigenvalue weighted by atomic mass is 10.1. The molecule has 2 aromatic rings. The highest BCUT2D eigenvalue weighted by atomic mass is 16.6. The molecule has 0 radical (unpaired) electrons. The zero-order valence-electron chi connectivity index (χ0n) is 11.0. The summed E-state index contributed by atoms with van der Waals surface area (Å²) >= 11 is 0. The summed E-state index contributed by atoms with van der Waals surface area (Å²) in [6.45, 7) is 4.18. The molecule has 1 aromatic carbocycles. The summed E-state index contributed by atoms with van der Waals surface area (Å²) in [6.07, 6.45) is 0.812. The molecular formula is C13H13NO6. The standard InChI is InChI=1S/C13H13NO6/c1-3-4-19-9-6-10-8(5-7(9)2)12(15)11(14(17)18)13(16)20-10/h5-6,15H,3-4H2,1-2H3. The Morgan fingerprint density at radius 1 is 1.45 bits per heavy atom. The number of fused-ring (bicyclic) bond motifs is 1. The third-order valence-electron chi connectivity index (χ3n) is 2.80. The van der Waals surface area contributed by atoms with Crippen molar-refractivity contribution in [3.05, 3.63) is 38.2 Å². The third kappa shape index (κ3) is 2.29. The van der Waals surface area contributed by atoms with Crippen LogP contribution >= 0.6 is 0 Å². The van der Waals surface area contributed by atoms with E-state index in [-0.39, 0.29) is 11.0 Å². The number of rotatable bonds is 4. The Bertz CT molecular complexity index is 734. The molecule has 0 bridgehead atoms. The molecule has 20 heavy (non-hydrogen) atoms. The van der Waals surface area contributed by atoms with Crippen LogP contribution in [0.1, 0.15) is 18.9 Å². The van der Waals surface area contributed by atoms with E-state index >= 15 is 0 Å². The van der Waals surface area contributed by atoms with Gasteiger partial charge in [-0.2, -0.15) is 0 Å². The van der Waals surface area contributed by atoms with Crippen molar-refractivity contribution in [2.24, 2.45) is 0 Å². The minimum absolute atomic E-state index is 0.0507. The number of aromatic hydroxyl groups is 1. The number of hydrogen-bond acceptors (Lipinski definition) is 6. The summed E-state index contributed by atoms with van der Waals surface area (Å²) in [5.74, 6) is -0.179. The SMILES string of the molecule is CCCOc1cc2oc(=O)c([N+](=O)[O-])c(O)c2cc1C. The molecule has 1 heterocycles. The van der Waals surface area contributed by atoms with Crippen molar-refractivity contribution < 1.29 is 19.2 Å². The van der Waals surface area contributed by atoms with E-state index in [2.05, 4.69) is 0 Å². The molecule has 0 aliphatic carbocycles. The lowest BCUT2D eigenvalue weighted by Gasteiger charge is -2.09. The van der Waals surface area contributed by atoms with E-state index in [1.165, 1.54) is 12.1 Å². The minimum Gasteiger partial charge on any atom is -0.501 e. The van der Waals surface area contributed by atoms with Crippen molar-refractivity contribution in [1.29, 1.82) is 0 Å². The maximum absolute atomic E-state index is 11.5. The van der Waals surface area contributed by atoms with Gasteiger partial charge in [0, 0.05) is 6.07 Å². The van der Waals surface area contributed by atoms with Crippen LogP contribution in [-0.4, -0.2) is 16.6 Å². The maximum atomic E-state index is 11.5. The Kier molecular flexibility index (Phi) is 3.60. The molecule has 0 aliphatic rings. The summed E-state index contributed by atoms with van der Waals surface area (Å²) in [5.41, 5.74) is -1.41. The van der Waals surface area contributed by atoms with Gasteiger partial charge in [-0.25, -0.2) is 4.79 Å². The third-order valence-corrected chi connectivity index (χ3v) is 2.80. The molecule has 1 aromatic heterocycles. The predicted octanol–water partition coefficient (Wildman–Crippen LogP) is 2.50. The zero-order valence-corrected chi connectivity index (χ0v) is 11.0. The Morgan fingerprint density at radius 3 is 2.75 bits per heavy atom. The highest BCUT2D eigenvalue weighted by molar-refractivity contribution is 5.88. The van der Waals surface area contributed by atoms with Crippen LogP contribution in [-0.2, 0) is 0 Å². The van der Waals surface area contributed by atoms with Gasteiger partial charge in [0.25, 0.3) is 0 Å². The predicted molar refractivity (Wildman–Crippen MR) is 71.3 cm³/mol. The normalized spacial score (nSPS) is 10.7. The van der Waals surface area contributed by atoms with Gasteiger partial charge < -0.3 is 14.3 Å². The molecule has 7 nitrogen and oxygen atoms in total. The van der Waals surface area contributed by atoms with Gasteiger partial charge in [-0.05, 0) is 25.0 Å². The lowest BCUT2D eigenvalue weighted by Crippen LogP contribution is -2.07. The van der Waals surface area contributed by atoms with E-state index in [9.17, 15) is 20.0 Å². The molecule has 7 heteroatoms. The Labute approximate surface area is 113 Å². The fourth-order valence-electron chi connectivity index (χ4n) is 1.84. The summed E-state index contributed by atoms with van der Waals surface area (Å²) in [6, 6.07) is 2.94. The van der Waals surface area contributed by atoms with Gasteiger partial charge in [0.05, 0.1) is 16.9 Å². The molecule has 2 rings (SSSR count). The first-order chi connectivity index (χ1) is 9.45. The van der Waals surface area contributed by atoms with Crippen molar-refractivity contribution in [1.82, 2.24) is 0 Å². The highest BCUT2D eigenvalue weighted by Crippen LogP contribution is 2.34. The Morgan fingerprint density at radius 2 is 2.15 bits per heavy atom. The number of hydrogen-bond donors (Lipinski definition) is 1. The van der Waals surface area contributed by atoms with Crippen molar-refractivity contribution in [2.75, 3.05) is 6.61 Å². The van der Waals surface area contributed by atoms with Gasteiger partial charge in [-0.3, -0.25) is 10.1 Å². The summed E-state index contributed by atoms with van der Waals surface area (Å²) < 4.78 is 10.3. The maximum Gasteiger partial charge on any atom is 0.419 e. The second kappa shape index (κ2) is 5.20. The Balaban J connectivity index is 2.70. The average Bonchev–Trinajstić information content (AvgIpc) is 2.37. The van der Waals surface area contributed by atoms with Gasteiger partial charge >= 0.3 is 11.3 Å². The summed E-state index contributed by atoms with van der Waals surface area (Å²) in [7, 11) is 0. The second-order valence-corrected chi connectivity index (χ2v) is 4.31. The Hall–Kier alpha value is -2.57. The summed E-state index contributed by atoms with van der Waals surface area (Å²) in [5, 5.41) is 20.7. The summed E-state index contributed by atoms with van der Waals surface area (Å²) in [4.78, 5) is 21.3. The fourth-order valence-corrected chi connectivity index (χ4v) is 1.84. The minimum atomic E-state index is -1.19. The van der Waals surface area contributed by atoms with Crippen LogP contribution in [0.2, 0.25) is 0 Å². The molecular weight excluding hydrogens is 266 g/mol. The van der Waals surface area contributed by atoms with Crippen LogP contribution < -0.4 is 10.4 Å². The van der Waals surface area contributed by atoms with Crippen molar-refractivity contribution in [3.8, 4) is 11.5 Å². The van der Waals surface area contributed by atoms with E-state index in [1.807, 2.05) is 6.92 Å². The molecule has 0 atom stereocenters. The molecule has 0 unspecified atom stereocenters. The van der Waals surface area contributed by atoms with Gasteiger partial charge in [0.2, 0.25) is 5.75 Å². The molecule has 0 aliphatic heterocycles. The number of nitro groups is 1. The van der Waals surface area contributed by atoms with E-state index in [1.54, 1.807) is 6.92 Å². The van der Waals surface area contributed by atoms with Gasteiger partial charge in [0.15, 0.2) is 0 Å². The van der Waals surface area contributed by atoms with Crippen LogP contribution in [0.4, 0.5) is 5.69 Å². The van der Waals surface area contributed by atoms with Gasteiger partial charge in [-0.1, -0.05) is 6.92 Å². The monoisotopic (exact) mass is 279 g/mol. The van der Waals surface area contributed by atoms with Crippen molar-refractivity contribution in [3.63, 3.8) is 0 Å². The van der Waals surface area contributed by atoms with E-state index in [0.717, 1.165) is 6.42 Å². The van der Waals surface area contributed by atoms with Crippen LogP contribution in [0.15, 0.2) is 21.3 Å². The van der Waals surface area contributed by atoms with Gasteiger partial charge in [0.1, 0.15) is 11.3 Å². The molecule has 0 amide bonds. The lowest BCUT2D eigenvalue weighted by molar-refractivity contribution is -0.388. The van der Waals surface area contributed by atoms with Crippen LogP contribution in [0.5, 0.6) is 11.5 Å². The van der Waals surface area contributed by atoms with E-state index < -0.39 is 22.0 Å². The van der Waals surface area contributed by atoms with E-state index in [4.69, 9.17) is 9.15 Å². The number of nitrogens with zero attached hydrogens (tertiary/aromatic N) is 1. The van der Waals surface area contributed by atoms with Crippen molar-refractivity contribution >= 4 is 16.7 Å². The quantitative estimate of drug-likeness (QED) is 0.524. The number of ether oxygens (including phenoxy) is 1. The molecule has 0 saturated carbocycles. The van der Waals surface area contributed by atoms with Gasteiger partial charge in [-0.15, -0.1) is 0 Å². The number of benzene rings is 1. The molecule has 0 spiro atoms. The number of aryl methyl sites for hydroxylation is 1. The van der Waals surface area contributed by atoms with E-state index in [0.29, 0.717) is 17.9 Å². The highest BCUT2D eigenvalue weighted by Gasteiger charge is 2.25. The zero-order chi connectivity index (χ0) is 14.9. The van der Waals surface area contributed by atoms with Crippen LogP contribution in [0, 0.1) is 17.0 Å². The first-order valence-corrected chi connectivity index (χ1v) is 6.03. The fraction of sp³-hybridized carbons (Fsp3) is 0.308. The average molecular weight is 279 g/mol. The van der Waals surface area contributed by atoms with Crippen LogP contribution in [0.3, 0.4) is 0 Å². The first-order valence-electron chi connectivity index (χ1n) is 6.03. The smallest absolute Gasteiger partial charge is 0.419 e. The molecule has 106 valence electrons. The van der Waals surface area contributed by atoms with Crippen LogP contribution in [0.25, 0.3) is 11.0 Å². The largest absolute Gasteiger partial charge is 0.501 e. The molecule has 0 saturated heterocycles. The second-order valence-electron chi connectivity index (χ2n) is 4.31. The first kappa shape index (κ1) is 13.9. The molecule has 1 N–H and O–H groups in total. The topological polar surface area (TPSA) is 103 Å². The molecule has 0 fully saturated rings. The van der Waals surface area contributed by atoms with Crippen molar-refractivity contribution in [2.45, 2.75) is 20.3 Å².